The Balaban J connectivity index is 2.65. The lowest BCUT2D eigenvalue weighted by Gasteiger charge is -2.14. The molecule has 0 fully saturated rings. The van der Waals surface area contributed by atoms with Crippen molar-refractivity contribution >= 4 is 0 Å². The molecule has 0 radical (unpaired) electrons. The molecule has 0 aliphatic heterocycles. The highest BCUT2D eigenvalue weighted by Crippen LogP contribution is 2.32. The van der Waals surface area contributed by atoms with E-state index in [1.807, 2.05) is 6.92 Å². The van der Waals surface area contributed by atoms with E-state index in [-0.39, 0.29) is 6.04 Å². The van der Waals surface area contributed by atoms with Crippen molar-refractivity contribution in [1.29, 1.82) is 0 Å². The summed E-state index contributed by atoms with van der Waals surface area (Å²) in [6.45, 7) is 4.93. The van der Waals surface area contributed by atoms with E-state index in [4.69, 9.17) is 0 Å². The summed E-state index contributed by atoms with van der Waals surface area (Å²) in [5.74, 6) is -1.21. The first-order valence-corrected chi connectivity index (χ1v) is 6.43. The van der Waals surface area contributed by atoms with Gasteiger partial charge in [-0.05, 0) is 50.4 Å². The summed E-state index contributed by atoms with van der Waals surface area (Å²) in [6, 6.07) is 3.45. The van der Waals surface area contributed by atoms with Crippen LogP contribution in [-0.2, 0) is 12.6 Å². The van der Waals surface area contributed by atoms with Crippen molar-refractivity contribution in [2.75, 3.05) is 6.54 Å². The quantitative estimate of drug-likeness (QED) is 0.770. The summed E-state index contributed by atoms with van der Waals surface area (Å²) in [5.41, 5.74) is -0.668. The van der Waals surface area contributed by atoms with Crippen LogP contribution < -0.4 is 5.32 Å². The van der Waals surface area contributed by atoms with Crippen LogP contribution in [0.15, 0.2) is 18.2 Å². The van der Waals surface area contributed by atoms with Gasteiger partial charge in [-0.3, -0.25) is 0 Å². The van der Waals surface area contributed by atoms with Crippen LogP contribution >= 0.6 is 0 Å². The number of hydrogen-bond acceptors (Lipinski definition) is 1. The van der Waals surface area contributed by atoms with Gasteiger partial charge in [0.25, 0.3) is 0 Å². The van der Waals surface area contributed by atoms with Crippen LogP contribution in [0.3, 0.4) is 0 Å². The Labute approximate surface area is 111 Å². The minimum atomic E-state index is -4.63. The number of benzene rings is 1. The van der Waals surface area contributed by atoms with Crippen LogP contribution in [-0.4, -0.2) is 12.6 Å². The molecule has 1 unspecified atom stereocenters. The van der Waals surface area contributed by atoms with Crippen molar-refractivity contribution < 1.29 is 17.6 Å². The standard InChI is InChI=1S/C14H19F4N/c1-3-8-19-10(2)4-5-11-6-7-13(15)12(9-11)14(16,17)18/h6-7,9-10,19H,3-5,8H2,1-2H3. The van der Waals surface area contributed by atoms with Gasteiger partial charge in [0, 0.05) is 6.04 Å². The van der Waals surface area contributed by atoms with Gasteiger partial charge in [-0.25, -0.2) is 4.39 Å². The number of hydrogen-bond donors (Lipinski definition) is 1. The van der Waals surface area contributed by atoms with E-state index in [1.165, 1.54) is 6.07 Å². The second-order valence-electron chi connectivity index (χ2n) is 4.71. The van der Waals surface area contributed by atoms with E-state index in [0.717, 1.165) is 31.5 Å². The molecule has 1 rings (SSSR count). The molecule has 0 amide bonds. The Bertz CT molecular complexity index is 401. The molecule has 0 spiro atoms. The van der Waals surface area contributed by atoms with Gasteiger partial charge in [-0.1, -0.05) is 13.0 Å². The largest absolute Gasteiger partial charge is 0.419 e. The predicted molar refractivity (Wildman–Crippen MR) is 67.5 cm³/mol. The van der Waals surface area contributed by atoms with Gasteiger partial charge >= 0.3 is 6.18 Å². The lowest BCUT2D eigenvalue weighted by atomic mass is 10.0. The first-order valence-electron chi connectivity index (χ1n) is 6.43. The molecule has 0 aliphatic rings. The van der Waals surface area contributed by atoms with Crippen LogP contribution in [0.2, 0.25) is 0 Å². The maximum Gasteiger partial charge on any atom is 0.419 e. The zero-order valence-electron chi connectivity index (χ0n) is 11.1. The van der Waals surface area contributed by atoms with Crippen molar-refractivity contribution in [3.63, 3.8) is 0 Å². The van der Waals surface area contributed by atoms with Crippen molar-refractivity contribution in [1.82, 2.24) is 5.32 Å². The Kier molecular flexibility index (Phi) is 5.79. The molecule has 1 nitrogen and oxygen atoms in total. The third kappa shape index (κ3) is 5.19. The van der Waals surface area contributed by atoms with Crippen molar-refractivity contribution in [3.8, 4) is 0 Å². The summed E-state index contributed by atoms with van der Waals surface area (Å²) in [5, 5.41) is 3.26. The van der Waals surface area contributed by atoms with Crippen molar-refractivity contribution in [2.24, 2.45) is 0 Å². The van der Waals surface area contributed by atoms with Crippen molar-refractivity contribution in [2.45, 2.75) is 45.3 Å². The van der Waals surface area contributed by atoms with Crippen LogP contribution in [0.25, 0.3) is 0 Å². The highest BCUT2D eigenvalue weighted by Gasteiger charge is 2.34. The van der Waals surface area contributed by atoms with E-state index < -0.39 is 17.6 Å². The number of rotatable bonds is 6. The summed E-state index contributed by atoms with van der Waals surface area (Å²) in [6.07, 6.45) is -2.39. The summed E-state index contributed by atoms with van der Waals surface area (Å²) >= 11 is 0. The van der Waals surface area contributed by atoms with Crippen LogP contribution in [0, 0.1) is 5.82 Å². The molecule has 0 aromatic heterocycles. The van der Waals surface area contributed by atoms with Gasteiger partial charge in [0.15, 0.2) is 0 Å². The van der Waals surface area contributed by atoms with Gasteiger partial charge in [-0.15, -0.1) is 0 Å². The molecule has 0 aliphatic carbocycles. The van der Waals surface area contributed by atoms with Gasteiger partial charge < -0.3 is 5.32 Å². The molecule has 19 heavy (non-hydrogen) atoms. The van der Waals surface area contributed by atoms with Gasteiger partial charge in [0.1, 0.15) is 5.82 Å². The number of alkyl halides is 3. The lowest BCUT2D eigenvalue weighted by molar-refractivity contribution is -0.140. The molecular formula is C14H19F4N. The molecule has 5 heteroatoms. The molecule has 0 heterocycles. The molecule has 0 bridgehead atoms. The Morgan fingerprint density at radius 3 is 2.53 bits per heavy atom. The maximum atomic E-state index is 13.1. The summed E-state index contributed by atoms with van der Waals surface area (Å²) < 4.78 is 50.7. The molecule has 0 saturated carbocycles. The van der Waals surface area contributed by atoms with E-state index in [0.29, 0.717) is 12.0 Å². The van der Waals surface area contributed by atoms with Gasteiger partial charge in [0.2, 0.25) is 0 Å². The van der Waals surface area contributed by atoms with Crippen LogP contribution in [0.5, 0.6) is 0 Å². The maximum absolute atomic E-state index is 13.1. The molecule has 1 atom stereocenters. The Morgan fingerprint density at radius 2 is 1.95 bits per heavy atom. The summed E-state index contributed by atoms with van der Waals surface area (Å²) in [4.78, 5) is 0. The average molecular weight is 277 g/mol. The second-order valence-corrected chi connectivity index (χ2v) is 4.71. The fourth-order valence-electron chi connectivity index (χ4n) is 1.82. The average Bonchev–Trinajstić information content (AvgIpc) is 2.34. The highest BCUT2D eigenvalue weighted by atomic mass is 19.4. The molecular weight excluding hydrogens is 258 g/mol. The zero-order chi connectivity index (χ0) is 14.5. The topological polar surface area (TPSA) is 12.0 Å². The smallest absolute Gasteiger partial charge is 0.314 e. The number of aryl methyl sites for hydroxylation is 1. The predicted octanol–water partition coefficient (Wildman–Crippen LogP) is 4.17. The second kappa shape index (κ2) is 6.89. The molecule has 0 saturated heterocycles. The fraction of sp³-hybridized carbons (Fsp3) is 0.571. The van der Waals surface area contributed by atoms with Crippen molar-refractivity contribution in [3.05, 3.63) is 35.1 Å². The molecule has 108 valence electrons. The molecule has 1 N–H and O–H groups in total. The van der Waals surface area contributed by atoms with E-state index in [1.54, 1.807) is 0 Å². The minimum absolute atomic E-state index is 0.235. The third-order valence-electron chi connectivity index (χ3n) is 2.94. The van der Waals surface area contributed by atoms with Crippen LogP contribution in [0.1, 0.15) is 37.8 Å². The summed E-state index contributed by atoms with van der Waals surface area (Å²) in [7, 11) is 0. The monoisotopic (exact) mass is 277 g/mol. The van der Waals surface area contributed by atoms with Gasteiger partial charge in [-0.2, -0.15) is 13.2 Å². The Hall–Kier alpha value is -1.10. The first-order chi connectivity index (χ1) is 8.84. The van der Waals surface area contributed by atoms with E-state index >= 15 is 0 Å². The normalized spacial score (nSPS) is 13.6. The number of nitrogens with one attached hydrogen (secondary N) is 1. The van der Waals surface area contributed by atoms with E-state index in [2.05, 4.69) is 12.2 Å². The molecule has 1 aromatic rings. The van der Waals surface area contributed by atoms with Crippen LogP contribution in [0.4, 0.5) is 17.6 Å². The third-order valence-corrected chi connectivity index (χ3v) is 2.94. The fourth-order valence-corrected chi connectivity index (χ4v) is 1.82. The zero-order valence-corrected chi connectivity index (χ0v) is 11.1. The highest BCUT2D eigenvalue weighted by molar-refractivity contribution is 5.27. The Morgan fingerprint density at radius 1 is 1.26 bits per heavy atom. The number of halogens is 4. The SMILES string of the molecule is CCCNC(C)CCc1ccc(F)c(C(F)(F)F)c1. The van der Waals surface area contributed by atoms with Gasteiger partial charge in [0.05, 0.1) is 5.56 Å². The molecule has 1 aromatic carbocycles. The van der Waals surface area contributed by atoms with E-state index in [9.17, 15) is 17.6 Å². The first kappa shape index (κ1) is 16.0. The minimum Gasteiger partial charge on any atom is -0.314 e. The lowest BCUT2D eigenvalue weighted by Crippen LogP contribution is -2.27.